The molecule has 62 heavy (non-hydrogen) atoms. The van der Waals surface area contributed by atoms with E-state index < -0.39 is 58.7 Å². The van der Waals surface area contributed by atoms with Crippen LogP contribution in [0.5, 0.6) is 0 Å². The monoisotopic (exact) mass is 963 g/mol. The summed E-state index contributed by atoms with van der Waals surface area (Å²) in [5, 5.41) is 3.47. The summed E-state index contributed by atoms with van der Waals surface area (Å²) >= 11 is 0. The van der Waals surface area contributed by atoms with Crippen molar-refractivity contribution in [3.63, 3.8) is 0 Å². The average Bonchev–Trinajstić information content (AvgIpc) is 3.75. The van der Waals surface area contributed by atoms with Crippen LogP contribution in [0.2, 0.25) is 0 Å². The third-order valence-corrected chi connectivity index (χ3v) is 19.4. The van der Waals surface area contributed by atoms with Gasteiger partial charge in [-0.1, -0.05) is 40.3 Å². The van der Waals surface area contributed by atoms with Gasteiger partial charge in [0.25, 0.3) is 0 Å². The molecule has 4 aliphatic rings. The number of hydrogen-bond acceptors (Lipinski definition) is 14. The van der Waals surface area contributed by atoms with Crippen molar-refractivity contribution in [1.29, 1.82) is 0 Å². The van der Waals surface area contributed by atoms with Gasteiger partial charge in [0.05, 0.1) is 67.6 Å². The predicted molar refractivity (Wildman–Crippen MR) is 261 cm³/mol. The molecule has 0 bridgehead atoms. The van der Waals surface area contributed by atoms with Crippen LogP contribution in [0.3, 0.4) is 0 Å². The molecule has 0 aromatic rings. The summed E-state index contributed by atoms with van der Waals surface area (Å²) in [7, 11) is -10.9. The van der Waals surface area contributed by atoms with Crippen molar-refractivity contribution in [2.24, 2.45) is 22.5 Å². The second-order valence-electron chi connectivity index (χ2n) is 20.4. The van der Waals surface area contributed by atoms with Gasteiger partial charge in [-0.15, -0.1) is 0 Å². The second kappa shape index (κ2) is 20.7. The van der Waals surface area contributed by atoms with Crippen molar-refractivity contribution in [2.45, 2.75) is 195 Å². The van der Waals surface area contributed by atoms with E-state index in [9.17, 15) is 0 Å². The van der Waals surface area contributed by atoms with Crippen molar-refractivity contribution in [1.82, 2.24) is 5.09 Å². The summed E-state index contributed by atoms with van der Waals surface area (Å²) in [6.07, 6.45) is 12.0. The maximum absolute atomic E-state index is 8.29. The first kappa shape index (κ1) is 53.6. The Morgan fingerprint density at radius 3 is 1.79 bits per heavy atom. The SMILES string of the molecule is [3H]CC1(C)OC(C)C(C)C1OP(C)(=NCC)OCC1(C)OC(C)C(C)C1OP(=C)(NCC)OCC1(C)OC(C)C(C)C1OP(=C)(C)OCC1OC(C)CC1OP(=C)(C)OC(C)(C)C. The number of ether oxygens (including phenoxy) is 4. The number of nitrogens with one attached hydrogen (secondary N) is 1. The molecule has 4 aliphatic heterocycles. The van der Waals surface area contributed by atoms with Gasteiger partial charge >= 0.3 is 0 Å². The molecule has 366 valence electrons. The van der Waals surface area contributed by atoms with Crippen molar-refractivity contribution in [2.75, 3.05) is 52.9 Å². The highest BCUT2D eigenvalue weighted by molar-refractivity contribution is 7.64. The van der Waals surface area contributed by atoms with E-state index in [-0.39, 0.29) is 92.8 Å². The summed E-state index contributed by atoms with van der Waals surface area (Å²) in [5.41, 5.74) is -2.92. The van der Waals surface area contributed by atoms with E-state index in [0.29, 0.717) is 19.5 Å². The molecule has 19 unspecified atom stereocenters. The maximum atomic E-state index is 8.29. The number of hydrogen-bond donors (Lipinski definition) is 1. The van der Waals surface area contributed by atoms with Crippen LogP contribution in [0.15, 0.2) is 4.74 Å². The summed E-state index contributed by atoms with van der Waals surface area (Å²) in [6.45, 7) is 38.0. The molecule has 4 saturated heterocycles. The molecule has 0 radical (unpaired) electrons. The Balaban J connectivity index is 1.48. The fourth-order valence-corrected chi connectivity index (χ4v) is 16.6. The Kier molecular flexibility index (Phi) is 17.9. The average molecular weight is 963 g/mol. The van der Waals surface area contributed by atoms with Gasteiger partial charge in [0, 0.05) is 58.6 Å². The first-order chi connectivity index (χ1) is 28.8. The molecule has 18 heteroatoms. The van der Waals surface area contributed by atoms with Gasteiger partial charge in [0.1, 0.15) is 44.2 Å². The Labute approximate surface area is 378 Å². The lowest BCUT2D eigenvalue weighted by atomic mass is 9.92. The minimum atomic E-state index is -3.02. The molecule has 0 aromatic heterocycles. The lowest BCUT2D eigenvalue weighted by Gasteiger charge is -2.40. The Morgan fingerprint density at radius 1 is 0.726 bits per heavy atom. The normalized spacial score (nSPS) is 43.2. The van der Waals surface area contributed by atoms with Gasteiger partial charge in [-0.3, -0.25) is 9.83 Å². The first-order valence-corrected chi connectivity index (χ1v) is 30.9. The highest BCUT2D eigenvalue weighted by Gasteiger charge is 2.55. The van der Waals surface area contributed by atoms with Gasteiger partial charge in [-0.05, 0) is 89.4 Å². The third kappa shape index (κ3) is 14.1. The zero-order valence-electron chi connectivity index (χ0n) is 42.6. The molecule has 4 fully saturated rings. The lowest BCUT2D eigenvalue weighted by molar-refractivity contribution is -0.0959. The van der Waals surface area contributed by atoms with E-state index in [1.54, 1.807) is 0 Å². The zero-order chi connectivity index (χ0) is 47.8. The van der Waals surface area contributed by atoms with Crippen LogP contribution in [-0.2, 0) is 55.1 Å². The van der Waals surface area contributed by atoms with E-state index >= 15 is 0 Å². The molecule has 4 heterocycles. The standard InChI is InChI=1S/C44H88N2O12P4/c1-23-45-61(21,56-38-30(4)33(7)51-42(38,13)14)48-28-44(16)40(32(6)35(9)53-44)57-62(22,46-24-2)49-27-43(15)39(31(5)34(8)52-43)55-59(17,18)47-26-37-36(25-29(3)50-37)54-60(19,20)58-41(10,11)12/h29-40,46H,17,19,22-28H2,1-16,18,20-21H3/i13T. The summed E-state index contributed by atoms with van der Waals surface area (Å²) in [4.78, 5) is 0. The topological polar surface area (TPSA) is 135 Å². The van der Waals surface area contributed by atoms with Gasteiger partial charge in [0.2, 0.25) is 7.51 Å². The molecule has 0 saturated carbocycles. The van der Waals surface area contributed by atoms with Crippen LogP contribution in [0, 0.1) is 17.8 Å². The van der Waals surface area contributed by atoms with Crippen LogP contribution >= 0.6 is 29.7 Å². The van der Waals surface area contributed by atoms with Crippen molar-refractivity contribution < 1.29 is 56.5 Å². The predicted octanol–water partition coefficient (Wildman–Crippen LogP) is 10.3. The second-order valence-corrected chi connectivity index (χ2v) is 29.9. The maximum Gasteiger partial charge on any atom is 0.209 e. The van der Waals surface area contributed by atoms with E-state index in [1.807, 2.05) is 89.2 Å². The smallest absolute Gasteiger partial charge is 0.209 e. The fourth-order valence-electron chi connectivity index (χ4n) is 9.22. The Hall–Kier alpha value is 0.610. The van der Waals surface area contributed by atoms with E-state index in [0.717, 1.165) is 0 Å². The molecule has 19 atom stereocenters. The van der Waals surface area contributed by atoms with Gasteiger partial charge in [-0.25, -0.2) is 0 Å². The summed E-state index contributed by atoms with van der Waals surface area (Å²) < 4.78 is 92.6. The van der Waals surface area contributed by atoms with Gasteiger partial charge in [0.15, 0.2) is 7.49 Å². The van der Waals surface area contributed by atoms with Gasteiger partial charge in [-0.2, -0.15) is 0 Å². The van der Waals surface area contributed by atoms with Crippen molar-refractivity contribution in [3.8, 4) is 0 Å². The Bertz CT molecular complexity index is 1740. The molecule has 0 aliphatic carbocycles. The van der Waals surface area contributed by atoms with Gasteiger partial charge < -0.3 is 55.1 Å². The number of nitrogens with zero attached hydrogens (tertiary/aromatic N) is 1. The van der Waals surface area contributed by atoms with Crippen LogP contribution < -0.4 is 5.09 Å². The lowest BCUT2D eigenvalue weighted by Crippen LogP contribution is -2.46. The minimum Gasteiger partial charge on any atom is -0.370 e. The molecular weight excluding hydrogens is 872 g/mol. The molecular formula is C44H88N2O12P4. The highest BCUT2D eigenvalue weighted by Crippen LogP contribution is 2.58. The number of rotatable bonds is 21. The molecule has 4 rings (SSSR count). The fraction of sp³-hybridized carbons (Fsp3) is 0.932. The third-order valence-electron chi connectivity index (χ3n) is 12.4. The van der Waals surface area contributed by atoms with Crippen LogP contribution in [-0.4, -0.2) is 149 Å². The van der Waals surface area contributed by atoms with Crippen molar-refractivity contribution in [3.05, 3.63) is 0 Å². The molecule has 0 spiro atoms. The Morgan fingerprint density at radius 2 is 1.26 bits per heavy atom. The quantitative estimate of drug-likeness (QED) is 0.109. The van der Waals surface area contributed by atoms with Crippen LogP contribution in [0.1, 0.15) is 119 Å². The van der Waals surface area contributed by atoms with Crippen LogP contribution in [0.4, 0.5) is 0 Å². The minimum absolute atomic E-state index is 0.000669. The molecule has 1 N–H and O–H groups in total. The first-order valence-electron chi connectivity index (χ1n) is 23.3. The highest BCUT2D eigenvalue weighted by atomic mass is 31.2. The molecule has 14 nitrogen and oxygen atoms in total. The summed E-state index contributed by atoms with van der Waals surface area (Å²) in [6, 6.07) is 0. The summed E-state index contributed by atoms with van der Waals surface area (Å²) in [5.74, 6) is 0.0396. The van der Waals surface area contributed by atoms with E-state index in [1.165, 1.54) is 0 Å². The van der Waals surface area contributed by atoms with E-state index in [2.05, 4.69) is 58.6 Å². The largest absolute Gasteiger partial charge is 0.370 e. The zero-order valence-corrected chi connectivity index (χ0v) is 45.2. The molecule has 0 amide bonds. The van der Waals surface area contributed by atoms with Crippen LogP contribution in [0.25, 0.3) is 0 Å². The molecule has 0 aromatic carbocycles. The van der Waals surface area contributed by atoms with Crippen molar-refractivity contribution >= 4 is 48.6 Å². The van der Waals surface area contributed by atoms with E-state index in [4.69, 9.17) is 61.3 Å².